The molecule has 0 aliphatic rings. The summed E-state index contributed by atoms with van der Waals surface area (Å²) >= 11 is 0. The van der Waals surface area contributed by atoms with E-state index >= 15 is 0 Å². The molecule has 0 fully saturated rings. The average Bonchev–Trinajstić information content (AvgIpc) is 3.26. The number of halogens is 2. The zero-order valence-corrected chi connectivity index (χ0v) is 23.9. The molecule has 9 heteroatoms. The monoisotopic (exact) mass is 563 g/mol. The average molecular weight is 564 g/mol. The fourth-order valence-corrected chi connectivity index (χ4v) is 5.07. The minimum atomic E-state index is -0.719. The van der Waals surface area contributed by atoms with Gasteiger partial charge in [0.25, 0.3) is 5.88 Å². The highest BCUT2D eigenvalue weighted by molar-refractivity contribution is 5.96. The number of nitrogens with zero attached hydrogens (tertiary/aromatic N) is 3. The summed E-state index contributed by atoms with van der Waals surface area (Å²) in [5, 5.41) is 0. The summed E-state index contributed by atoms with van der Waals surface area (Å²) in [5.74, 6) is -1.79. The Bertz CT molecular complexity index is 1520. The first-order valence-electron chi connectivity index (χ1n) is 13.7. The van der Waals surface area contributed by atoms with Crippen LogP contribution in [-0.4, -0.2) is 26.1 Å². The number of imidazole rings is 1. The Kier molecular flexibility index (Phi) is 9.47. The third-order valence-corrected chi connectivity index (χ3v) is 7.17. The van der Waals surface area contributed by atoms with Crippen molar-refractivity contribution in [3.05, 3.63) is 94.6 Å². The summed E-state index contributed by atoms with van der Waals surface area (Å²) in [6, 6.07) is 13.1. The topological polar surface area (TPSA) is 82.8 Å². The van der Waals surface area contributed by atoms with E-state index in [9.17, 15) is 18.4 Å². The van der Waals surface area contributed by atoms with Crippen molar-refractivity contribution in [2.75, 3.05) is 0 Å². The van der Waals surface area contributed by atoms with Gasteiger partial charge in [0.15, 0.2) is 5.78 Å². The van der Waals surface area contributed by atoms with Crippen LogP contribution in [0.1, 0.15) is 79.0 Å². The normalized spacial score (nSPS) is 12.7. The molecule has 0 N–H and O–H groups in total. The second-order valence-electron chi connectivity index (χ2n) is 10.7. The molecule has 0 spiro atoms. The molecule has 0 amide bonds. The number of carbonyl (C=O) groups excluding carboxylic acids is 2. The molecular weight excluding hydrogens is 528 g/mol. The van der Waals surface area contributed by atoms with E-state index in [1.54, 1.807) is 24.4 Å². The Morgan fingerprint density at radius 2 is 1.66 bits per heavy atom. The third kappa shape index (κ3) is 7.34. The first kappa shape index (κ1) is 29.8. The number of ether oxygens (including phenoxy) is 2. The van der Waals surface area contributed by atoms with Crippen molar-refractivity contribution in [2.45, 2.75) is 73.0 Å². The molecule has 0 aliphatic carbocycles. The molecule has 2 heterocycles. The summed E-state index contributed by atoms with van der Waals surface area (Å²) in [5.41, 5.74) is 2.00. The second-order valence-corrected chi connectivity index (χ2v) is 10.7. The molecule has 41 heavy (non-hydrogen) atoms. The number of esters is 1. The van der Waals surface area contributed by atoms with Crippen molar-refractivity contribution in [1.29, 1.82) is 0 Å². The summed E-state index contributed by atoms with van der Waals surface area (Å²) in [6.45, 7) is 7.35. The van der Waals surface area contributed by atoms with Crippen LogP contribution in [0.15, 0.2) is 54.7 Å². The Balaban J connectivity index is 1.48. The minimum absolute atomic E-state index is 0.0757. The second kappa shape index (κ2) is 13.0. The van der Waals surface area contributed by atoms with Gasteiger partial charge >= 0.3 is 5.97 Å². The van der Waals surface area contributed by atoms with Gasteiger partial charge in [0.1, 0.15) is 30.5 Å². The van der Waals surface area contributed by atoms with Crippen LogP contribution in [0.4, 0.5) is 8.78 Å². The largest absolute Gasteiger partial charge is 0.470 e. The lowest BCUT2D eigenvalue weighted by Crippen LogP contribution is -2.24. The van der Waals surface area contributed by atoms with Crippen LogP contribution in [0, 0.1) is 30.9 Å². The number of fused-ring (bicyclic) bond motifs is 1. The fourth-order valence-electron chi connectivity index (χ4n) is 5.07. The summed E-state index contributed by atoms with van der Waals surface area (Å²) in [4.78, 5) is 35.1. The third-order valence-electron chi connectivity index (χ3n) is 7.17. The smallest absolute Gasteiger partial charge is 0.306 e. The Labute approximate surface area is 238 Å². The van der Waals surface area contributed by atoms with Gasteiger partial charge in [-0.15, -0.1) is 0 Å². The van der Waals surface area contributed by atoms with Gasteiger partial charge in [-0.3, -0.25) is 14.0 Å². The van der Waals surface area contributed by atoms with Crippen LogP contribution in [0.5, 0.6) is 5.88 Å². The molecule has 216 valence electrons. The summed E-state index contributed by atoms with van der Waals surface area (Å²) in [7, 11) is 0. The van der Waals surface area contributed by atoms with Crippen LogP contribution >= 0.6 is 0 Å². The Hall–Kier alpha value is -4.14. The van der Waals surface area contributed by atoms with Crippen molar-refractivity contribution < 1.29 is 27.8 Å². The number of hydrogen-bond acceptors (Lipinski definition) is 6. The lowest BCUT2D eigenvalue weighted by atomic mass is 9.77. The Morgan fingerprint density at radius 1 is 0.951 bits per heavy atom. The predicted octanol–water partition coefficient (Wildman–Crippen LogP) is 7.11. The number of Topliss-reactive ketones (excluding diaryl/α,β-unsaturated/α-hetero) is 1. The number of benzene rings is 2. The number of ketones is 1. The zero-order chi connectivity index (χ0) is 29.6. The molecular formula is C32H35F2N3O4. The number of rotatable bonds is 13. The van der Waals surface area contributed by atoms with Crippen molar-refractivity contribution in [3.8, 4) is 5.88 Å². The van der Waals surface area contributed by atoms with Crippen LogP contribution in [0.2, 0.25) is 0 Å². The molecule has 0 radical (unpaired) electrons. The maximum absolute atomic E-state index is 14.1. The van der Waals surface area contributed by atoms with Gasteiger partial charge in [0.05, 0.1) is 23.4 Å². The van der Waals surface area contributed by atoms with Gasteiger partial charge in [-0.25, -0.2) is 18.7 Å². The van der Waals surface area contributed by atoms with E-state index in [1.165, 1.54) is 6.07 Å². The molecule has 0 bridgehead atoms. The van der Waals surface area contributed by atoms with E-state index in [0.29, 0.717) is 23.5 Å². The van der Waals surface area contributed by atoms with E-state index in [2.05, 4.69) is 16.9 Å². The van der Waals surface area contributed by atoms with E-state index in [1.807, 2.05) is 37.3 Å². The lowest BCUT2D eigenvalue weighted by Gasteiger charge is -2.28. The number of hydrogen-bond donors (Lipinski definition) is 0. The molecule has 2 aromatic carbocycles. The highest BCUT2D eigenvalue weighted by Crippen LogP contribution is 2.35. The van der Waals surface area contributed by atoms with E-state index < -0.39 is 17.0 Å². The molecule has 1 unspecified atom stereocenters. The SMILES string of the molecule is CCCC(C)(CCC(=O)c1c(C)nc2c(OCc3c(F)cccc3F)nc(C)cn12)CC(=O)OCc1ccccc1. The number of carbonyl (C=O) groups is 2. The van der Waals surface area contributed by atoms with E-state index in [-0.39, 0.29) is 54.9 Å². The molecule has 4 aromatic rings. The minimum Gasteiger partial charge on any atom is -0.470 e. The first-order chi connectivity index (χ1) is 19.6. The lowest BCUT2D eigenvalue weighted by molar-refractivity contribution is -0.147. The van der Waals surface area contributed by atoms with Gasteiger partial charge in [0, 0.05) is 12.6 Å². The van der Waals surface area contributed by atoms with E-state index in [0.717, 1.165) is 30.5 Å². The summed E-state index contributed by atoms with van der Waals surface area (Å²) < 4.78 is 41.1. The molecule has 7 nitrogen and oxygen atoms in total. The number of aryl methyl sites for hydroxylation is 2. The maximum Gasteiger partial charge on any atom is 0.306 e. The van der Waals surface area contributed by atoms with Gasteiger partial charge in [-0.2, -0.15) is 0 Å². The predicted molar refractivity (Wildman–Crippen MR) is 151 cm³/mol. The van der Waals surface area contributed by atoms with Crippen molar-refractivity contribution in [2.24, 2.45) is 5.41 Å². The fraction of sp³-hybridized carbons (Fsp3) is 0.375. The first-order valence-corrected chi connectivity index (χ1v) is 13.7. The Morgan fingerprint density at radius 3 is 2.34 bits per heavy atom. The van der Waals surface area contributed by atoms with Crippen LogP contribution in [0.3, 0.4) is 0 Å². The van der Waals surface area contributed by atoms with Crippen LogP contribution in [0.25, 0.3) is 5.65 Å². The quantitative estimate of drug-likeness (QED) is 0.127. The molecule has 0 saturated heterocycles. The van der Waals surface area contributed by atoms with Crippen molar-refractivity contribution >= 4 is 17.4 Å². The standard InChI is InChI=1S/C32H35F2N3O4/c1-5-15-32(4,17-28(39)40-19-23-10-7-6-8-11-23)16-14-27(38)29-22(3)36-30-31(35-21(2)18-37(29)30)41-20-24-25(33)12-9-13-26(24)34/h6-13,18H,5,14-17,19-20H2,1-4H3. The highest BCUT2D eigenvalue weighted by atomic mass is 19.1. The molecule has 2 aromatic heterocycles. The molecule has 0 saturated carbocycles. The highest BCUT2D eigenvalue weighted by Gasteiger charge is 2.30. The maximum atomic E-state index is 14.1. The van der Waals surface area contributed by atoms with Crippen molar-refractivity contribution in [3.63, 3.8) is 0 Å². The molecule has 1 atom stereocenters. The van der Waals surface area contributed by atoms with E-state index in [4.69, 9.17) is 9.47 Å². The van der Waals surface area contributed by atoms with Crippen LogP contribution in [-0.2, 0) is 22.7 Å². The molecule has 0 aliphatic heterocycles. The van der Waals surface area contributed by atoms with Gasteiger partial charge in [-0.1, -0.05) is 56.7 Å². The van der Waals surface area contributed by atoms with Crippen LogP contribution < -0.4 is 4.74 Å². The molecule has 4 rings (SSSR count). The summed E-state index contributed by atoms with van der Waals surface area (Å²) in [6.07, 6.45) is 4.22. The van der Waals surface area contributed by atoms with Gasteiger partial charge in [0.2, 0.25) is 5.65 Å². The zero-order valence-electron chi connectivity index (χ0n) is 23.9. The van der Waals surface area contributed by atoms with Crippen molar-refractivity contribution in [1.82, 2.24) is 14.4 Å². The van der Waals surface area contributed by atoms with Gasteiger partial charge in [-0.05, 0) is 49.8 Å². The van der Waals surface area contributed by atoms with Gasteiger partial charge < -0.3 is 9.47 Å². The number of aromatic nitrogens is 3.